The number of fused-ring (bicyclic) bond motifs is 2. The first kappa shape index (κ1) is 25.1. The monoisotopic (exact) mass is 547 g/mol. The molecule has 3 aromatic carbocycles. The maximum Gasteiger partial charge on any atom is 0.335 e. The molecular formula is C30H21N5O4S. The number of carbonyl (C=O) groups excluding carboxylic acids is 2. The number of carboxylic acid groups (broad SMARTS) is 1. The Morgan fingerprint density at radius 3 is 2.35 bits per heavy atom. The molecule has 0 saturated heterocycles. The number of aromatic carboxylic acids is 1. The van der Waals surface area contributed by atoms with Gasteiger partial charge >= 0.3 is 5.97 Å². The summed E-state index contributed by atoms with van der Waals surface area (Å²) in [6.45, 7) is 1.79. The van der Waals surface area contributed by atoms with Crippen LogP contribution in [0.3, 0.4) is 0 Å². The third-order valence-electron chi connectivity index (χ3n) is 6.69. The third-order valence-corrected chi connectivity index (χ3v) is 7.25. The molecule has 0 spiro atoms. The van der Waals surface area contributed by atoms with Crippen LogP contribution in [0.1, 0.15) is 55.6 Å². The number of ketones is 1. The molecule has 3 heterocycles. The van der Waals surface area contributed by atoms with Crippen molar-refractivity contribution >= 4 is 45.6 Å². The molecule has 0 radical (unpaired) electrons. The van der Waals surface area contributed by atoms with Crippen molar-refractivity contribution < 1.29 is 19.5 Å². The first-order valence-corrected chi connectivity index (χ1v) is 13.2. The molecule has 0 aliphatic heterocycles. The highest BCUT2D eigenvalue weighted by molar-refractivity contribution is 7.03. The van der Waals surface area contributed by atoms with Crippen LogP contribution < -0.4 is 5.32 Å². The number of pyridine rings is 1. The molecular weight excluding hydrogens is 526 g/mol. The van der Waals surface area contributed by atoms with Crippen LogP contribution in [0.2, 0.25) is 0 Å². The van der Waals surface area contributed by atoms with E-state index in [1.54, 1.807) is 43.3 Å². The zero-order chi connectivity index (χ0) is 27.8. The summed E-state index contributed by atoms with van der Waals surface area (Å²) < 4.78 is 5.84. The van der Waals surface area contributed by atoms with Crippen LogP contribution in [-0.4, -0.2) is 41.7 Å². The largest absolute Gasteiger partial charge is 0.478 e. The first-order chi connectivity index (χ1) is 19.4. The molecule has 6 rings (SSSR count). The van der Waals surface area contributed by atoms with Crippen LogP contribution in [-0.2, 0) is 0 Å². The molecule has 1 amide bonds. The quantitative estimate of drug-likeness (QED) is 0.255. The third kappa shape index (κ3) is 4.61. The Bertz CT molecular complexity index is 1910. The normalized spacial score (nSPS) is 11.9. The fourth-order valence-corrected chi connectivity index (χ4v) is 5.10. The van der Waals surface area contributed by atoms with Crippen LogP contribution in [0.15, 0.2) is 90.3 Å². The Labute approximate surface area is 231 Å². The second kappa shape index (κ2) is 10.2. The van der Waals surface area contributed by atoms with E-state index in [4.69, 9.17) is 0 Å². The summed E-state index contributed by atoms with van der Waals surface area (Å²) in [5.41, 5.74) is 3.14. The van der Waals surface area contributed by atoms with Gasteiger partial charge in [-0.05, 0) is 71.2 Å². The zero-order valence-corrected chi connectivity index (χ0v) is 21.9. The summed E-state index contributed by atoms with van der Waals surface area (Å²) in [4.78, 5) is 38.6. The fourth-order valence-electron chi connectivity index (χ4n) is 4.57. The van der Waals surface area contributed by atoms with Crippen molar-refractivity contribution in [2.75, 3.05) is 0 Å². The van der Waals surface area contributed by atoms with E-state index >= 15 is 0 Å². The van der Waals surface area contributed by atoms with Gasteiger partial charge in [-0.3, -0.25) is 14.0 Å². The average Bonchev–Trinajstić information content (AvgIpc) is 3.67. The van der Waals surface area contributed by atoms with Crippen LogP contribution in [0.5, 0.6) is 0 Å². The molecule has 3 aromatic heterocycles. The van der Waals surface area contributed by atoms with Gasteiger partial charge in [-0.2, -0.15) is 4.37 Å². The number of aromatic nitrogens is 4. The van der Waals surface area contributed by atoms with Crippen molar-refractivity contribution in [2.24, 2.45) is 0 Å². The number of nitrogens with zero attached hydrogens (tertiary/aromatic N) is 4. The molecule has 0 bridgehead atoms. The molecule has 0 unspecified atom stereocenters. The van der Waals surface area contributed by atoms with Gasteiger partial charge in [0, 0.05) is 16.5 Å². The van der Waals surface area contributed by atoms with Crippen LogP contribution in [0, 0.1) is 0 Å². The molecule has 196 valence electrons. The minimum Gasteiger partial charge on any atom is -0.478 e. The van der Waals surface area contributed by atoms with E-state index in [0.29, 0.717) is 22.5 Å². The number of nitrogens with one attached hydrogen (secondary N) is 1. The second-order valence-electron chi connectivity index (χ2n) is 9.24. The summed E-state index contributed by atoms with van der Waals surface area (Å²) in [6.07, 6.45) is 0. The first-order valence-electron chi connectivity index (χ1n) is 12.4. The molecule has 0 aliphatic carbocycles. The van der Waals surface area contributed by atoms with E-state index in [9.17, 15) is 19.5 Å². The number of benzene rings is 3. The lowest BCUT2D eigenvalue weighted by Crippen LogP contribution is -2.29. The van der Waals surface area contributed by atoms with Gasteiger partial charge in [0.25, 0.3) is 5.91 Å². The lowest BCUT2D eigenvalue weighted by atomic mass is 10.0. The van der Waals surface area contributed by atoms with Crippen molar-refractivity contribution in [3.8, 4) is 11.3 Å². The summed E-state index contributed by atoms with van der Waals surface area (Å²) in [6, 6.07) is 24.2. The topological polar surface area (TPSA) is 127 Å². The van der Waals surface area contributed by atoms with Gasteiger partial charge in [-0.15, -0.1) is 10.2 Å². The van der Waals surface area contributed by atoms with Crippen molar-refractivity contribution in [1.82, 2.24) is 24.3 Å². The minimum absolute atomic E-state index is 0.0127. The van der Waals surface area contributed by atoms with Gasteiger partial charge in [0.2, 0.25) is 11.6 Å². The predicted octanol–water partition coefficient (Wildman–Crippen LogP) is 5.43. The number of amides is 1. The molecule has 9 nitrogen and oxygen atoms in total. The summed E-state index contributed by atoms with van der Waals surface area (Å²) in [5.74, 6) is -1.84. The predicted molar refractivity (Wildman–Crippen MR) is 151 cm³/mol. The lowest BCUT2D eigenvalue weighted by Gasteiger charge is -2.16. The smallest absolute Gasteiger partial charge is 0.335 e. The Balaban J connectivity index is 1.41. The van der Waals surface area contributed by atoms with Gasteiger partial charge in [0.1, 0.15) is 5.69 Å². The molecule has 10 heteroatoms. The lowest BCUT2D eigenvalue weighted by molar-refractivity contribution is 0.0696. The number of hydrogen-bond donors (Lipinski definition) is 2. The van der Waals surface area contributed by atoms with Crippen LogP contribution in [0.25, 0.3) is 27.7 Å². The fraction of sp³-hybridized carbons (Fsp3) is 0.0667. The summed E-state index contributed by atoms with van der Waals surface area (Å²) in [7, 11) is 0. The Morgan fingerprint density at radius 1 is 0.875 bits per heavy atom. The van der Waals surface area contributed by atoms with Gasteiger partial charge in [-0.1, -0.05) is 48.5 Å². The summed E-state index contributed by atoms with van der Waals surface area (Å²) in [5, 5.41) is 24.3. The van der Waals surface area contributed by atoms with E-state index < -0.39 is 17.9 Å². The van der Waals surface area contributed by atoms with E-state index in [-0.39, 0.29) is 22.9 Å². The van der Waals surface area contributed by atoms with Crippen molar-refractivity contribution in [2.45, 2.75) is 13.0 Å². The Morgan fingerprint density at radius 2 is 1.62 bits per heavy atom. The van der Waals surface area contributed by atoms with E-state index in [1.165, 1.54) is 28.1 Å². The highest BCUT2D eigenvalue weighted by Crippen LogP contribution is 2.25. The van der Waals surface area contributed by atoms with Gasteiger partial charge in [-0.25, -0.2) is 4.79 Å². The Kier molecular flexibility index (Phi) is 6.37. The zero-order valence-electron chi connectivity index (χ0n) is 21.1. The van der Waals surface area contributed by atoms with Crippen molar-refractivity contribution in [3.63, 3.8) is 0 Å². The highest BCUT2D eigenvalue weighted by Gasteiger charge is 2.24. The van der Waals surface area contributed by atoms with Crippen LogP contribution in [0.4, 0.5) is 0 Å². The number of hydrogen-bond acceptors (Lipinski definition) is 7. The van der Waals surface area contributed by atoms with E-state index in [1.807, 2.05) is 41.8 Å². The molecule has 0 aliphatic rings. The summed E-state index contributed by atoms with van der Waals surface area (Å²) >= 11 is 1.28. The van der Waals surface area contributed by atoms with E-state index in [2.05, 4.69) is 19.9 Å². The molecule has 0 fully saturated rings. The maximum atomic E-state index is 13.7. The van der Waals surface area contributed by atoms with Crippen molar-refractivity contribution in [3.05, 3.63) is 119 Å². The molecule has 40 heavy (non-hydrogen) atoms. The van der Waals surface area contributed by atoms with Gasteiger partial charge in [0.05, 0.1) is 17.3 Å². The Hall–Kier alpha value is -5.22. The van der Waals surface area contributed by atoms with Crippen LogP contribution >= 0.6 is 11.5 Å². The standard InChI is InChI=1S/C30H21N5O4S/c1-17(18-6-9-20(10-7-18)30(38)39)31-29(37)25-15-23(24-12-13-40-34-24)16-26-32-33-28(35(25)26)27(36)22-11-8-19-4-2-3-5-21(19)14-22/h2-17H,1H3,(H,31,37)(H,38,39)/t17-/m0/s1. The maximum absolute atomic E-state index is 13.7. The number of carboxylic acids is 1. The SMILES string of the molecule is C[C@H](NC(=O)c1cc(-c2ccsn2)cc2nnc(C(=O)c3ccc4ccccc4c3)n12)c1ccc(C(=O)O)cc1. The molecule has 1 atom stereocenters. The molecule has 6 aromatic rings. The van der Waals surface area contributed by atoms with Gasteiger partial charge < -0.3 is 10.4 Å². The highest BCUT2D eigenvalue weighted by atomic mass is 32.1. The number of carbonyl (C=O) groups is 3. The van der Waals surface area contributed by atoms with Crippen molar-refractivity contribution in [1.29, 1.82) is 0 Å². The number of rotatable bonds is 7. The molecule has 2 N–H and O–H groups in total. The minimum atomic E-state index is -1.03. The van der Waals surface area contributed by atoms with Gasteiger partial charge in [0.15, 0.2) is 5.65 Å². The average molecular weight is 548 g/mol. The van der Waals surface area contributed by atoms with E-state index in [0.717, 1.165) is 16.3 Å². The second-order valence-corrected chi connectivity index (χ2v) is 9.91. The molecule has 0 saturated carbocycles.